The Labute approximate surface area is 161 Å². The number of benzene rings is 1. The van der Waals surface area contributed by atoms with Gasteiger partial charge in [-0.15, -0.1) is 0 Å². The average molecular weight is 392 g/mol. The van der Waals surface area contributed by atoms with Crippen LogP contribution in [-0.4, -0.2) is 48.4 Å². The van der Waals surface area contributed by atoms with Gasteiger partial charge in [-0.25, -0.2) is 0 Å². The van der Waals surface area contributed by atoms with E-state index in [1.165, 1.54) is 18.4 Å². The minimum atomic E-state index is -4.37. The molecular formula is C21H23F3N2O2. The lowest BCUT2D eigenvalue weighted by Crippen LogP contribution is -2.32. The zero-order chi connectivity index (χ0) is 19.7. The van der Waals surface area contributed by atoms with Crippen LogP contribution in [0.2, 0.25) is 0 Å². The predicted octanol–water partition coefficient (Wildman–Crippen LogP) is 4.25. The van der Waals surface area contributed by atoms with Gasteiger partial charge in [-0.05, 0) is 55.6 Å². The third-order valence-electron chi connectivity index (χ3n) is 5.79. The van der Waals surface area contributed by atoms with Crippen LogP contribution in [0.25, 0.3) is 0 Å². The SMILES string of the molecule is O=C(c1ccco1)N1CC(CN2CCCC2)C(c2cccc(C(F)(F)F)c2)C1. The Morgan fingerprint density at radius 3 is 2.57 bits per heavy atom. The zero-order valence-electron chi connectivity index (χ0n) is 15.5. The number of likely N-dealkylation sites (tertiary alicyclic amines) is 2. The van der Waals surface area contributed by atoms with E-state index in [2.05, 4.69) is 4.90 Å². The van der Waals surface area contributed by atoms with Gasteiger partial charge in [0.15, 0.2) is 5.76 Å². The Morgan fingerprint density at radius 2 is 1.89 bits per heavy atom. The Kier molecular flexibility index (Phi) is 5.19. The summed E-state index contributed by atoms with van der Waals surface area (Å²) >= 11 is 0. The van der Waals surface area contributed by atoms with Gasteiger partial charge in [0.1, 0.15) is 0 Å². The van der Waals surface area contributed by atoms with Crippen molar-refractivity contribution in [3.63, 3.8) is 0 Å². The van der Waals surface area contributed by atoms with Crippen LogP contribution in [0.15, 0.2) is 47.1 Å². The number of furan rings is 1. The highest BCUT2D eigenvalue weighted by Gasteiger charge is 2.39. The van der Waals surface area contributed by atoms with Crippen molar-refractivity contribution in [3.8, 4) is 0 Å². The highest BCUT2D eigenvalue weighted by molar-refractivity contribution is 5.91. The van der Waals surface area contributed by atoms with Gasteiger partial charge < -0.3 is 14.2 Å². The highest BCUT2D eigenvalue weighted by atomic mass is 19.4. The summed E-state index contributed by atoms with van der Waals surface area (Å²) < 4.78 is 44.8. The second-order valence-electron chi connectivity index (χ2n) is 7.68. The first-order valence-corrected chi connectivity index (χ1v) is 9.64. The second kappa shape index (κ2) is 7.62. The van der Waals surface area contributed by atoms with Crippen LogP contribution in [0.4, 0.5) is 13.2 Å². The molecule has 0 aliphatic carbocycles. The summed E-state index contributed by atoms with van der Waals surface area (Å²) in [5, 5.41) is 0. The lowest BCUT2D eigenvalue weighted by Gasteiger charge is -2.24. The van der Waals surface area contributed by atoms with E-state index in [-0.39, 0.29) is 23.5 Å². The van der Waals surface area contributed by atoms with E-state index in [0.29, 0.717) is 18.7 Å². The van der Waals surface area contributed by atoms with E-state index in [0.717, 1.165) is 38.5 Å². The predicted molar refractivity (Wildman–Crippen MR) is 98.0 cm³/mol. The molecule has 3 heterocycles. The van der Waals surface area contributed by atoms with E-state index in [4.69, 9.17) is 4.42 Å². The second-order valence-corrected chi connectivity index (χ2v) is 7.68. The van der Waals surface area contributed by atoms with Crippen molar-refractivity contribution in [2.45, 2.75) is 24.9 Å². The van der Waals surface area contributed by atoms with Crippen LogP contribution in [0.5, 0.6) is 0 Å². The molecular weight excluding hydrogens is 369 g/mol. The van der Waals surface area contributed by atoms with Crippen LogP contribution < -0.4 is 0 Å². The number of carbonyl (C=O) groups is 1. The molecule has 2 fully saturated rings. The summed E-state index contributed by atoms with van der Waals surface area (Å²) in [5.74, 6) is 0.0396. The van der Waals surface area contributed by atoms with Crippen molar-refractivity contribution in [1.82, 2.24) is 9.80 Å². The molecule has 1 amide bonds. The molecule has 2 atom stereocenters. The summed E-state index contributed by atoms with van der Waals surface area (Å²) in [5.41, 5.74) is 0.00880. The number of hydrogen-bond acceptors (Lipinski definition) is 3. The van der Waals surface area contributed by atoms with Gasteiger partial charge in [-0.2, -0.15) is 13.2 Å². The first-order valence-electron chi connectivity index (χ1n) is 9.64. The number of alkyl halides is 3. The van der Waals surface area contributed by atoms with Gasteiger partial charge in [0, 0.05) is 25.6 Å². The van der Waals surface area contributed by atoms with Crippen molar-refractivity contribution < 1.29 is 22.4 Å². The van der Waals surface area contributed by atoms with Crippen molar-refractivity contribution >= 4 is 5.91 Å². The van der Waals surface area contributed by atoms with Gasteiger partial charge >= 0.3 is 6.18 Å². The average Bonchev–Trinajstić information content (AvgIpc) is 3.43. The van der Waals surface area contributed by atoms with Gasteiger partial charge in [-0.1, -0.05) is 18.2 Å². The van der Waals surface area contributed by atoms with Gasteiger partial charge in [0.05, 0.1) is 11.8 Å². The van der Waals surface area contributed by atoms with Crippen LogP contribution in [0, 0.1) is 5.92 Å². The Morgan fingerprint density at radius 1 is 1.11 bits per heavy atom. The quantitative estimate of drug-likeness (QED) is 0.781. The van der Waals surface area contributed by atoms with Crippen molar-refractivity contribution in [2.75, 3.05) is 32.7 Å². The lowest BCUT2D eigenvalue weighted by molar-refractivity contribution is -0.137. The molecule has 0 spiro atoms. The maximum atomic E-state index is 13.2. The molecule has 0 radical (unpaired) electrons. The molecule has 2 aliphatic rings. The molecule has 2 saturated heterocycles. The molecule has 2 aromatic rings. The zero-order valence-corrected chi connectivity index (χ0v) is 15.5. The Bertz CT molecular complexity index is 813. The van der Waals surface area contributed by atoms with Gasteiger partial charge in [0.25, 0.3) is 5.91 Å². The van der Waals surface area contributed by atoms with Crippen LogP contribution in [0.1, 0.15) is 40.4 Å². The van der Waals surface area contributed by atoms with E-state index < -0.39 is 11.7 Å². The van der Waals surface area contributed by atoms with Crippen molar-refractivity contribution in [2.24, 2.45) is 5.92 Å². The molecule has 4 rings (SSSR count). The number of rotatable bonds is 4. The Balaban J connectivity index is 1.59. The van der Waals surface area contributed by atoms with Crippen molar-refractivity contribution in [3.05, 3.63) is 59.5 Å². The number of nitrogens with zero attached hydrogens (tertiary/aromatic N) is 2. The van der Waals surface area contributed by atoms with Crippen molar-refractivity contribution in [1.29, 1.82) is 0 Å². The molecule has 150 valence electrons. The fourth-order valence-electron chi connectivity index (χ4n) is 4.40. The maximum absolute atomic E-state index is 13.2. The highest BCUT2D eigenvalue weighted by Crippen LogP contribution is 2.37. The van der Waals surface area contributed by atoms with Crippen LogP contribution in [0.3, 0.4) is 0 Å². The first kappa shape index (κ1) is 19.1. The summed E-state index contributed by atoms with van der Waals surface area (Å²) in [6.45, 7) is 3.75. The largest absolute Gasteiger partial charge is 0.459 e. The Hall–Kier alpha value is -2.28. The number of amides is 1. The maximum Gasteiger partial charge on any atom is 0.416 e. The molecule has 0 bridgehead atoms. The van der Waals surface area contributed by atoms with Gasteiger partial charge in [-0.3, -0.25) is 4.79 Å². The number of halogens is 3. The topological polar surface area (TPSA) is 36.7 Å². The standard InChI is InChI=1S/C21H23F3N2O2/c22-21(23,24)17-6-3-5-15(11-17)18-14-26(20(27)19-7-4-10-28-19)13-16(18)12-25-8-1-2-9-25/h3-7,10-11,16,18H,1-2,8-9,12-14H2. The molecule has 7 heteroatoms. The van der Waals surface area contributed by atoms with E-state index >= 15 is 0 Å². The fraction of sp³-hybridized carbons (Fsp3) is 0.476. The summed E-state index contributed by atoms with van der Waals surface area (Å²) in [6, 6.07) is 8.83. The molecule has 4 nitrogen and oxygen atoms in total. The van der Waals surface area contributed by atoms with Crippen LogP contribution in [-0.2, 0) is 6.18 Å². The first-order chi connectivity index (χ1) is 13.4. The minimum absolute atomic E-state index is 0.0977. The summed E-state index contributed by atoms with van der Waals surface area (Å²) in [7, 11) is 0. The van der Waals surface area contributed by atoms with Gasteiger partial charge in [0.2, 0.25) is 0 Å². The van der Waals surface area contributed by atoms with Crippen LogP contribution >= 0.6 is 0 Å². The molecule has 28 heavy (non-hydrogen) atoms. The minimum Gasteiger partial charge on any atom is -0.459 e. The number of carbonyl (C=O) groups excluding carboxylic acids is 1. The number of hydrogen-bond donors (Lipinski definition) is 0. The van der Waals surface area contributed by atoms with E-state index in [1.54, 1.807) is 23.1 Å². The molecule has 0 N–H and O–H groups in total. The summed E-state index contributed by atoms with van der Waals surface area (Å²) in [6.07, 6.45) is -0.621. The van der Waals surface area contributed by atoms with E-state index in [1.807, 2.05) is 0 Å². The lowest BCUT2D eigenvalue weighted by atomic mass is 9.87. The monoisotopic (exact) mass is 392 g/mol. The molecule has 1 aromatic carbocycles. The normalized spacial score (nSPS) is 23.5. The smallest absolute Gasteiger partial charge is 0.416 e. The molecule has 0 saturated carbocycles. The molecule has 1 aromatic heterocycles. The molecule has 2 aliphatic heterocycles. The third-order valence-corrected chi connectivity index (χ3v) is 5.79. The fourth-order valence-corrected chi connectivity index (χ4v) is 4.40. The molecule has 2 unspecified atom stereocenters. The summed E-state index contributed by atoms with van der Waals surface area (Å²) in [4.78, 5) is 16.8. The van der Waals surface area contributed by atoms with E-state index in [9.17, 15) is 18.0 Å². The third kappa shape index (κ3) is 3.94.